The number of hydrogen-bond donors (Lipinski definition) is 4. The van der Waals surface area contributed by atoms with Gasteiger partial charge in [-0.2, -0.15) is 5.10 Å². The standard InChI is InChI=1S/C22H32N6O2S/c1-2-6-17(21(29)30)18(20(23)26-27-24)13-15-7-9-16(10-8-15)19-14-25-22(31-19)28-11-4-3-5-12-28/h7-10,14,17-18,27H,2-6,11-13,24H2,1H3,(H2,23,26)(H,29,30)/t17-,18-/m0/s1. The first-order valence-corrected chi connectivity index (χ1v) is 11.7. The number of nitrogens with one attached hydrogen (secondary N) is 1. The van der Waals surface area contributed by atoms with Gasteiger partial charge in [0.15, 0.2) is 5.13 Å². The minimum Gasteiger partial charge on any atom is -0.481 e. The van der Waals surface area contributed by atoms with Crippen LogP contribution < -0.4 is 22.0 Å². The summed E-state index contributed by atoms with van der Waals surface area (Å²) in [5.41, 5.74) is 10.4. The average Bonchev–Trinajstić information content (AvgIpc) is 3.27. The van der Waals surface area contributed by atoms with Crippen LogP contribution in [0, 0.1) is 11.8 Å². The Morgan fingerprint density at radius 2 is 1.97 bits per heavy atom. The predicted molar refractivity (Wildman–Crippen MR) is 126 cm³/mol. The van der Waals surface area contributed by atoms with E-state index in [2.05, 4.69) is 32.7 Å². The van der Waals surface area contributed by atoms with E-state index in [1.165, 1.54) is 19.3 Å². The SMILES string of the molecule is CCC[C@H](C(=O)O)[C@H](Cc1ccc(-c2cnc(N3CCCCC3)s2)cc1)/C(N)=N/NN. The molecule has 1 aliphatic rings. The first kappa shape index (κ1) is 23.0. The van der Waals surface area contributed by atoms with Gasteiger partial charge in [-0.25, -0.2) is 16.4 Å². The zero-order valence-electron chi connectivity index (χ0n) is 18.0. The van der Waals surface area contributed by atoms with Crippen molar-refractivity contribution in [3.05, 3.63) is 36.0 Å². The lowest BCUT2D eigenvalue weighted by Crippen LogP contribution is -2.38. The van der Waals surface area contributed by atoms with Crippen LogP contribution in [0.3, 0.4) is 0 Å². The van der Waals surface area contributed by atoms with Crippen molar-refractivity contribution in [1.29, 1.82) is 0 Å². The van der Waals surface area contributed by atoms with Crippen LogP contribution in [-0.4, -0.2) is 35.0 Å². The largest absolute Gasteiger partial charge is 0.481 e. The molecule has 1 saturated heterocycles. The molecule has 1 fully saturated rings. The maximum Gasteiger partial charge on any atom is 0.307 e. The van der Waals surface area contributed by atoms with Crippen molar-refractivity contribution in [3.63, 3.8) is 0 Å². The number of hydrazone groups is 1. The molecule has 8 nitrogen and oxygen atoms in total. The fourth-order valence-corrected chi connectivity index (χ4v) is 5.08. The molecule has 6 N–H and O–H groups in total. The Balaban J connectivity index is 1.75. The Kier molecular flexibility index (Phi) is 8.25. The number of amidine groups is 1. The number of nitrogens with two attached hydrogens (primary N) is 2. The molecular formula is C22H32N6O2S. The number of carbonyl (C=O) groups is 1. The van der Waals surface area contributed by atoms with Gasteiger partial charge in [-0.05, 0) is 43.2 Å². The summed E-state index contributed by atoms with van der Waals surface area (Å²) < 4.78 is 0. The summed E-state index contributed by atoms with van der Waals surface area (Å²) >= 11 is 1.71. The van der Waals surface area contributed by atoms with Crippen molar-refractivity contribution in [2.75, 3.05) is 18.0 Å². The van der Waals surface area contributed by atoms with Crippen molar-refractivity contribution in [3.8, 4) is 10.4 Å². The van der Waals surface area contributed by atoms with Crippen molar-refractivity contribution in [1.82, 2.24) is 10.5 Å². The average molecular weight is 445 g/mol. The van der Waals surface area contributed by atoms with Gasteiger partial charge in [-0.15, -0.1) is 0 Å². The van der Waals surface area contributed by atoms with Gasteiger partial charge in [-0.1, -0.05) is 48.9 Å². The molecule has 2 heterocycles. The van der Waals surface area contributed by atoms with Gasteiger partial charge in [0.05, 0.1) is 10.8 Å². The van der Waals surface area contributed by atoms with Crippen LogP contribution in [0.5, 0.6) is 0 Å². The highest BCUT2D eigenvalue weighted by molar-refractivity contribution is 7.18. The first-order valence-electron chi connectivity index (χ1n) is 10.8. The molecule has 0 amide bonds. The second-order valence-electron chi connectivity index (χ2n) is 7.96. The molecule has 0 spiro atoms. The molecule has 1 aromatic heterocycles. The quantitative estimate of drug-likeness (QED) is 0.192. The van der Waals surface area contributed by atoms with Crippen LogP contribution in [-0.2, 0) is 11.2 Å². The smallest absolute Gasteiger partial charge is 0.307 e. The second kappa shape index (κ2) is 11.1. The molecule has 0 bridgehead atoms. The zero-order chi connectivity index (χ0) is 22.2. The van der Waals surface area contributed by atoms with E-state index in [1.807, 2.05) is 25.3 Å². The second-order valence-corrected chi connectivity index (χ2v) is 8.97. The van der Waals surface area contributed by atoms with Crippen molar-refractivity contribution in [2.45, 2.75) is 45.4 Å². The number of hydrogen-bond acceptors (Lipinski definition) is 7. The van der Waals surface area contributed by atoms with E-state index in [0.717, 1.165) is 40.6 Å². The number of aliphatic carboxylic acids is 1. The lowest BCUT2D eigenvalue weighted by atomic mass is 9.83. The summed E-state index contributed by atoms with van der Waals surface area (Å²) in [5.74, 6) is 3.57. The summed E-state index contributed by atoms with van der Waals surface area (Å²) in [5, 5.41) is 14.7. The highest BCUT2D eigenvalue weighted by Crippen LogP contribution is 2.33. The van der Waals surface area contributed by atoms with Crippen LogP contribution >= 0.6 is 11.3 Å². The molecule has 0 radical (unpaired) electrons. The van der Waals surface area contributed by atoms with Crippen molar-refractivity contribution < 1.29 is 9.90 Å². The number of thiazole rings is 1. The first-order chi connectivity index (χ1) is 15.0. The van der Waals surface area contributed by atoms with E-state index < -0.39 is 17.8 Å². The minimum absolute atomic E-state index is 0.209. The maximum absolute atomic E-state index is 11.8. The molecule has 168 valence electrons. The summed E-state index contributed by atoms with van der Waals surface area (Å²) in [4.78, 5) is 19.9. The number of hydrazine groups is 1. The molecule has 0 unspecified atom stereocenters. The number of benzene rings is 1. The zero-order valence-corrected chi connectivity index (χ0v) is 18.8. The molecular weight excluding hydrogens is 412 g/mol. The Hall–Kier alpha value is -2.65. The Morgan fingerprint density at radius 1 is 1.26 bits per heavy atom. The molecule has 0 saturated carbocycles. The molecule has 31 heavy (non-hydrogen) atoms. The topological polar surface area (TPSA) is 130 Å². The van der Waals surface area contributed by atoms with Crippen molar-refractivity contribution in [2.24, 2.45) is 28.5 Å². The molecule has 2 atom stereocenters. The summed E-state index contributed by atoms with van der Waals surface area (Å²) in [6.07, 6.45) is 7.45. The molecule has 1 aliphatic heterocycles. The van der Waals surface area contributed by atoms with Gasteiger partial charge in [-0.3, -0.25) is 4.79 Å². The highest BCUT2D eigenvalue weighted by Gasteiger charge is 2.30. The van der Waals surface area contributed by atoms with E-state index >= 15 is 0 Å². The fraction of sp³-hybridized carbons (Fsp3) is 0.500. The third-order valence-electron chi connectivity index (χ3n) is 5.79. The van der Waals surface area contributed by atoms with E-state index in [4.69, 9.17) is 11.6 Å². The van der Waals surface area contributed by atoms with Crippen LogP contribution in [0.15, 0.2) is 35.6 Å². The van der Waals surface area contributed by atoms with Crippen LogP contribution in [0.2, 0.25) is 0 Å². The van der Waals surface area contributed by atoms with Crippen LogP contribution in [0.25, 0.3) is 10.4 Å². The van der Waals surface area contributed by atoms with Gasteiger partial charge >= 0.3 is 5.97 Å². The third kappa shape index (κ3) is 5.95. The minimum atomic E-state index is -0.867. The van der Waals surface area contributed by atoms with Gasteiger partial charge in [0.2, 0.25) is 0 Å². The predicted octanol–water partition coefficient (Wildman–Crippen LogP) is 3.20. The Labute approximate surface area is 187 Å². The molecule has 3 rings (SSSR count). The summed E-state index contributed by atoms with van der Waals surface area (Å²) in [7, 11) is 0. The van der Waals surface area contributed by atoms with E-state index in [0.29, 0.717) is 12.8 Å². The number of rotatable bonds is 10. The summed E-state index contributed by atoms with van der Waals surface area (Å²) in [6.45, 7) is 4.12. The monoisotopic (exact) mass is 444 g/mol. The van der Waals surface area contributed by atoms with Crippen LogP contribution in [0.4, 0.5) is 5.13 Å². The van der Waals surface area contributed by atoms with Crippen LogP contribution in [0.1, 0.15) is 44.6 Å². The number of anilines is 1. The van der Waals surface area contributed by atoms with Crippen molar-refractivity contribution >= 4 is 28.3 Å². The number of carboxylic acids is 1. The van der Waals surface area contributed by atoms with E-state index in [9.17, 15) is 9.90 Å². The van der Waals surface area contributed by atoms with Gasteiger partial charge in [0, 0.05) is 25.2 Å². The lowest BCUT2D eigenvalue weighted by Gasteiger charge is -2.25. The molecule has 1 aromatic carbocycles. The maximum atomic E-state index is 11.8. The number of aromatic nitrogens is 1. The van der Waals surface area contributed by atoms with E-state index in [-0.39, 0.29) is 5.84 Å². The van der Waals surface area contributed by atoms with Gasteiger partial charge in [0.1, 0.15) is 5.84 Å². The van der Waals surface area contributed by atoms with Gasteiger partial charge in [0.25, 0.3) is 0 Å². The molecule has 0 aliphatic carbocycles. The lowest BCUT2D eigenvalue weighted by molar-refractivity contribution is -0.143. The normalized spacial score (nSPS) is 16.7. The number of piperidine rings is 1. The van der Waals surface area contributed by atoms with Gasteiger partial charge < -0.3 is 15.7 Å². The third-order valence-corrected chi connectivity index (χ3v) is 6.90. The number of nitrogens with zero attached hydrogens (tertiary/aromatic N) is 3. The Morgan fingerprint density at radius 3 is 2.58 bits per heavy atom. The highest BCUT2D eigenvalue weighted by atomic mass is 32.1. The van der Waals surface area contributed by atoms with E-state index in [1.54, 1.807) is 11.3 Å². The molecule has 2 aromatic rings. The Bertz CT molecular complexity index is 876. The summed E-state index contributed by atoms with van der Waals surface area (Å²) in [6, 6.07) is 8.17. The fourth-order valence-electron chi connectivity index (χ4n) is 4.11. The molecule has 9 heteroatoms. The number of carboxylic acid groups (broad SMARTS) is 1.